The number of ether oxygens (including phenoxy) is 1. The Morgan fingerprint density at radius 3 is 2.58 bits per heavy atom. The van der Waals surface area contributed by atoms with E-state index in [1.807, 2.05) is 6.92 Å². The smallest absolute Gasteiger partial charge is 0.306 e. The van der Waals surface area contributed by atoms with Gasteiger partial charge < -0.3 is 4.74 Å². The molecule has 0 aromatic carbocycles. The third kappa shape index (κ3) is 2.76. The molecule has 3 heteroatoms. The molecule has 4 saturated carbocycles. The van der Waals surface area contributed by atoms with Gasteiger partial charge in [-0.25, -0.2) is 0 Å². The van der Waals surface area contributed by atoms with E-state index >= 15 is 0 Å². The van der Waals surface area contributed by atoms with E-state index in [1.165, 1.54) is 32.1 Å². The molecule has 26 heavy (non-hydrogen) atoms. The molecule has 7 atom stereocenters. The van der Waals surface area contributed by atoms with Crippen LogP contribution < -0.4 is 0 Å². The van der Waals surface area contributed by atoms with Crippen molar-refractivity contribution in [2.75, 3.05) is 0 Å². The van der Waals surface area contributed by atoms with Crippen molar-refractivity contribution in [2.24, 2.45) is 34.5 Å². The Balaban J connectivity index is 1.52. The van der Waals surface area contributed by atoms with Gasteiger partial charge in [0.05, 0.1) is 0 Å². The van der Waals surface area contributed by atoms with Gasteiger partial charge in [-0.15, -0.1) is 0 Å². The van der Waals surface area contributed by atoms with Crippen LogP contribution in [0.4, 0.5) is 0 Å². The Morgan fingerprint density at radius 1 is 1.04 bits per heavy atom. The predicted molar refractivity (Wildman–Crippen MR) is 102 cm³/mol. The number of carbonyl (C=O) groups is 2. The average molecular weight is 361 g/mol. The SMILES string of the molecule is CCCC(=O)O[C@H]1CC[C@H]2[C@@H]3CC[C@@H]4CC(=O)CC[C@]4(C)[C@H]3CC[C@]12C. The molecule has 0 heterocycles. The summed E-state index contributed by atoms with van der Waals surface area (Å²) in [5.41, 5.74) is 0.549. The molecule has 4 fully saturated rings. The molecule has 0 aromatic heterocycles. The molecule has 0 amide bonds. The number of ketones is 1. The van der Waals surface area contributed by atoms with Gasteiger partial charge >= 0.3 is 5.97 Å². The van der Waals surface area contributed by atoms with Gasteiger partial charge in [0.25, 0.3) is 0 Å². The number of fused-ring (bicyclic) bond motifs is 5. The van der Waals surface area contributed by atoms with Gasteiger partial charge in [-0.1, -0.05) is 20.8 Å². The van der Waals surface area contributed by atoms with E-state index in [4.69, 9.17) is 4.74 Å². The number of carbonyl (C=O) groups excluding carboxylic acids is 2. The fourth-order valence-corrected chi connectivity index (χ4v) is 7.61. The van der Waals surface area contributed by atoms with Crippen molar-refractivity contribution >= 4 is 11.8 Å². The molecule has 146 valence electrons. The predicted octanol–water partition coefficient (Wildman–Crippen LogP) is 5.31. The highest BCUT2D eigenvalue weighted by Gasteiger charge is 2.61. The van der Waals surface area contributed by atoms with Crippen molar-refractivity contribution in [3.05, 3.63) is 0 Å². The molecule has 0 aliphatic heterocycles. The molecule has 4 aliphatic rings. The molecular formula is C23H36O3. The van der Waals surface area contributed by atoms with E-state index in [-0.39, 0.29) is 17.5 Å². The minimum absolute atomic E-state index is 0.00274. The summed E-state index contributed by atoms with van der Waals surface area (Å²) in [6.07, 6.45) is 11.5. The molecule has 0 aromatic rings. The molecule has 3 nitrogen and oxygen atoms in total. The van der Waals surface area contributed by atoms with E-state index in [0.717, 1.165) is 43.9 Å². The van der Waals surface area contributed by atoms with E-state index in [2.05, 4.69) is 13.8 Å². The van der Waals surface area contributed by atoms with E-state index in [0.29, 0.717) is 29.5 Å². The van der Waals surface area contributed by atoms with Crippen LogP contribution in [0.2, 0.25) is 0 Å². The number of hydrogen-bond donors (Lipinski definition) is 0. The molecule has 0 radical (unpaired) electrons. The summed E-state index contributed by atoms with van der Waals surface area (Å²) < 4.78 is 5.97. The maximum absolute atomic E-state index is 12.1. The minimum atomic E-state index is 0.00274. The van der Waals surface area contributed by atoms with Crippen molar-refractivity contribution in [1.29, 1.82) is 0 Å². The summed E-state index contributed by atoms with van der Waals surface area (Å²) in [7, 11) is 0. The Morgan fingerprint density at radius 2 is 1.81 bits per heavy atom. The molecule has 0 spiro atoms. The van der Waals surface area contributed by atoms with Crippen LogP contribution in [-0.2, 0) is 14.3 Å². The summed E-state index contributed by atoms with van der Waals surface area (Å²) in [5, 5.41) is 0. The van der Waals surface area contributed by atoms with Crippen molar-refractivity contribution in [3.63, 3.8) is 0 Å². The van der Waals surface area contributed by atoms with Crippen molar-refractivity contribution < 1.29 is 14.3 Å². The first kappa shape index (κ1) is 18.5. The van der Waals surface area contributed by atoms with Crippen molar-refractivity contribution in [1.82, 2.24) is 0 Å². The number of esters is 1. The van der Waals surface area contributed by atoms with Crippen LogP contribution in [0.15, 0.2) is 0 Å². The molecular weight excluding hydrogens is 324 g/mol. The highest BCUT2D eigenvalue weighted by Crippen LogP contribution is 2.66. The van der Waals surface area contributed by atoms with Gasteiger partial charge in [-0.3, -0.25) is 9.59 Å². The third-order valence-electron chi connectivity index (χ3n) is 9.12. The van der Waals surface area contributed by atoms with E-state index < -0.39 is 0 Å². The quantitative estimate of drug-likeness (QED) is 0.641. The van der Waals surface area contributed by atoms with Crippen LogP contribution in [0.25, 0.3) is 0 Å². The van der Waals surface area contributed by atoms with Crippen molar-refractivity contribution in [2.45, 2.75) is 97.5 Å². The third-order valence-corrected chi connectivity index (χ3v) is 9.12. The first-order chi connectivity index (χ1) is 12.4. The summed E-state index contributed by atoms with van der Waals surface area (Å²) in [6, 6.07) is 0. The zero-order valence-corrected chi connectivity index (χ0v) is 16.9. The maximum atomic E-state index is 12.1. The lowest BCUT2D eigenvalue weighted by atomic mass is 9.45. The topological polar surface area (TPSA) is 43.4 Å². The second-order valence-corrected chi connectivity index (χ2v) is 10.3. The second-order valence-electron chi connectivity index (χ2n) is 10.3. The minimum Gasteiger partial charge on any atom is -0.462 e. The van der Waals surface area contributed by atoms with Crippen LogP contribution in [0.5, 0.6) is 0 Å². The summed E-state index contributed by atoms with van der Waals surface area (Å²) >= 11 is 0. The van der Waals surface area contributed by atoms with Gasteiger partial charge in [0.2, 0.25) is 0 Å². The average Bonchev–Trinajstić information content (AvgIpc) is 2.92. The summed E-state index contributed by atoms with van der Waals surface area (Å²) in [5.74, 6) is 3.37. The Kier molecular flexibility index (Phi) is 4.72. The van der Waals surface area contributed by atoms with E-state index in [1.54, 1.807) is 0 Å². The van der Waals surface area contributed by atoms with Gasteiger partial charge in [0, 0.05) is 24.7 Å². The summed E-state index contributed by atoms with van der Waals surface area (Å²) in [4.78, 5) is 24.1. The molecule has 0 saturated heterocycles. The van der Waals surface area contributed by atoms with Gasteiger partial charge in [-0.2, -0.15) is 0 Å². The Bertz CT molecular complexity index is 584. The number of Topliss-reactive ketones (excluding diaryl/α,β-unsaturated/α-hetero) is 1. The first-order valence-corrected chi connectivity index (χ1v) is 11.1. The molecule has 0 unspecified atom stereocenters. The lowest BCUT2D eigenvalue weighted by Gasteiger charge is -2.60. The molecule has 0 N–H and O–H groups in total. The first-order valence-electron chi connectivity index (χ1n) is 11.1. The fourth-order valence-electron chi connectivity index (χ4n) is 7.61. The molecule has 4 aliphatic carbocycles. The normalized spacial score (nSPS) is 47.7. The van der Waals surface area contributed by atoms with Gasteiger partial charge in [0.15, 0.2) is 0 Å². The van der Waals surface area contributed by atoms with Crippen LogP contribution in [0.1, 0.15) is 91.4 Å². The van der Waals surface area contributed by atoms with E-state index in [9.17, 15) is 9.59 Å². The highest BCUT2D eigenvalue weighted by molar-refractivity contribution is 5.79. The standard InChI is InChI=1S/C23H36O3/c1-4-5-21(25)26-20-9-8-18-17-7-6-15-14-16(24)10-12-22(15,2)19(17)11-13-23(18,20)3/h15,17-20H,4-14H2,1-3H3/t15-,17+,18+,19+,20+,22+,23+/m1/s1. The molecule has 4 rings (SSSR count). The highest BCUT2D eigenvalue weighted by atomic mass is 16.5. The lowest BCUT2D eigenvalue weighted by molar-refractivity contribution is -0.164. The van der Waals surface area contributed by atoms with Crippen LogP contribution in [-0.4, -0.2) is 17.9 Å². The lowest BCUT2D eigenvalue weighted by Crippen LogP contribution is -2.54. The number of rotatable bonds is 3. The monoisotopic (exact) mass is 360 g/mol. The number of hydrogen-bond acceptors (Lipinski definition) is 3. The van der Waals surface area contributed by atoms with Crippen LogP contribution in [0, 0.1) is 34.5 Å². The largest absolute Gasteiger partial charge is 0.462 e. The van der Waals surface area contributed by atoms with Crippen LogP contribution >= 0.6 is 0 Å². The second kappa shape index (κ2) is 6.63. The van der Waals surface area contributed by atoms with Crippen molar-refractivity contribution in [3.8, 4) is 0 Å². The maximum Gasteiger partial charge on any atom is 0.306 e. The van der Waals surface area contributed by atoms with Crippen LogP contribution in [0.3, 0.4) is 0 Å². The Labute approximate surface area is 158 Å². The fraction of sp³-hybridized carbons (Fsp3) is 0.913. The van der Waals surface area contributed by atoms with Gasteiger partial charge in [0.1, 0.15) is 11.9 Å². The Hall–Kier alpha value is -0.860. The van der Waals surface area contributed by atoms with Gasteiger partial charge in [-0.05, 0) is 80.5 Å². The molecule has 0 bridgehead atoms. The zero-order chi connectivity index (χ0) is 18.5. The summed E-state index contributed by atoms with van der Waals surface area (Å²) in [6.45, 7) is 6.95. The zero-order valence-electron chi connectivity index (χ0n) is 16.9.